The van der Waals surface area contributed by atoms with Gasteiger partial charge in [-0.3, -0.25) is 10.1 Å². The second kappa shape index (κ2) is 10.3. The van der Waals surface area contributed by atoms with Crippen molar-refractivity contribution < 1.29 is 4.79 Å². The Morgan fingerprint density at radius 1 is 1.33 bits per heavy atom. The predicted molar refractivity (Wildman–Crippen MR) is 101 cm³/mol. The van der Waals surface area contributed by atoms with E-state index in [1.54, 1.807) is 35.7 Å². The molecule has 0 unspecified atom stereocenters. The highest BCUT2D eigenvalue weighted by Crippen LogP contribution is 2.28. The summed E-state index contributed by atoms with van der Waals surface area (Å²) in [5, 5.41) is 20.2. The second-order valence-corrected chi connectivity index (χ2v) is 8.23. The van der Waals surface area contributed by atoms with E-state index in [1.165, 1.54) is 11.3 Å². The number of benzene rings is 1. The Kier molecular flexibility index (Phi) is 8.08. The lowest BCUT2D eigenvalue weighted by Crippen LogP contribution is -2.14. The first-order valence-corrected chi connectivity index (χ1v) is 10.5. The zero-order chi connectivity index (χ0) is 17.2. The normalized spacial score (nSPS) is 10.3. The number of carbonyl (C=O) groups is 1. The van der Waals surface area contributed by atoms with E-state index in [1.807, 2.05) is 12.1 Å². The van der Waals surface area contributed by atoms with Crippen LogP contribution < -0.4 is 5.32 Å². The van der Waals surface area contributed by atoms with Crippen LogP contribution in [0.15, 0.2) is 28.6 Å². The number of nitrogens with one attached hydrogen (secondary N) is 1. The predicted octanol–water partition coefficient (Wildman–Crippen LogP) is 4.17. The third-order valence-corrected chi connectivity index (χ3v) is 6.06. The molecule has 0 saturated heterocycles. The van der Waals surface area contributed by atoms with Gasteiger partial charge in [-0.05, 0) is 29.9 Å². The number of carbonyl (C=O) groups excluding carboxylic acids is 1. The molecule has 0 saturated carbocycles. The van der Waals surface area contributed by atoms with E-state index in [2.05, 4.69) is 28.5 Å². The summed E-state index contributed by atoms with van der Waals surface area (Å²) in [6, 6.07) is 9.58. The van der Waals surface area contributed by atoms with Crippen molar-refractivity contribution in [1.29, 1.82) is 5.26 Å². The highest BCUT2D eigenvalue weighted by atomic mass is 32.2. The summed E-state index contributed by atoms with van der Waals surface area (Å²) in [4.78, 5) is 11.8. The fraction of sp³-hybridized carbons (Fsp3) is 0.375. The Morgan fingerprint density at radius 3 is 2.83 bits per heavy atom. The molecule has 24 heavy (non-hydrogen) atoms. The van der Waals surface area contributed by atoms with E-state index < -0.39 is 0 Å². The summed E-state index contributed by atoms with van der Waals surface area (Å²) in [6.07, 6.45) is 2.28. The minimum Gasteiger partial charge on any atom is -0.300 e. The summed E-state index contributed by atoms with van der Waals surface area (Å²) >= 11 is 4.58. The van der Waals surface area contributed by atoms with Gasteiger partial charge in [-0.15, -0.1) is 10.2 Å². The highest BCUT2D eigenvalue weighted by Gasteiger charge is 2.09. The maximum Gasteiger partial charge on any atom is 0.236 e. The summed E-state index contributed by atoms with van der Waals surface area (Å²) in [7, 11) is 0. The van der Waals surface area contributed by atoms with E-state index in [4.69, 9.17) is 5.26 Å². The van der Waals surface area contributed by atoms with Crippen molar-refractivity contribution in [2.45, 2.75) is 29.9 Å². The van der Waals surface area contributed by atoms with Crippen LogP contribution in [0.1, 0.15) is 30.9 Å². The van der Waals surface area contributed by atoms with Crippen LogP contribution >= 0.6 is 34.9 Å². The quantitative estimate of drug-likeness (QED) is 0.401. The molecule has 8 heteroatoms. The monoisotopic (exact) mass is 378 g/mol. The van der Waals surface area contributed by atoms with Crippen molar-refractivity contribution >= 4 is 45.9 Å². The molecule has 0 aliphatic heterocycles. The van der Waals surface area contributed by atoms with Crippen LogP contribution in [0.5, 0.6) is 0 Å². The maximum absolute atomic E-state index is 11.8. The molecule has 1 aromatic heterocycles. The Balaban J connectivity index is 1.76. The van der Waals surface area contributed by atoms with Crippen LogP contribution in [0.3, 0.4) is 0 Å². The fourth-order valence-corrected chi connectivity index (χ4v) is 4.32. The summed E-state index contributed by atoms with van der Waals surface area (Å²) in [5.41, 5.74) is 1.77. The van der Waals surface area contributed by atoms with Crippen molar-refractivity contribution in [1.82, 2.24) is 10.2 Å². The molecule has 0 atom stereocenters. The number of rotatable bonds is 9. The number of aromatic nitrogens is 2. The average molecular weight is 379 g/mol. The van der Waals surface area contributed by atoms with E-state index >= 15 is 0 Å². The lowest BCUT2D eigenvalue weighted by atomic mass is 10.2. The number of anilines is 1. The summed E-state index contributed by atoms with van der Waals surface area (Å²) < 4.78 is 0.813. The van der Waals surface area contributed by atoms with Gasteiger partial charge < -0.3 is 0 Å². The van der Waals surface area contributed by atoms with Crippen molar-refractivity contribution in [2.24, 2.45) is 0 Å². The molecule has 1 heterocycles. The van der Waals surface area contributed by atoms with Gasteiger partial charge in [0.15, 0.2) is 4.34 Å². The number of hydrogen-bond donors (Lipinski definition) is 1. The van der Waals surface area contributed by atoms with E-state index in [0.717, 1.165) is 34.3 Å². The highest BCUT2D eigenvalue weighted by molar-refractivity contribution is 8.00. The zero-order valence-corrected chi connectivity index (χ0v) is 15.8. The van der Waals surface area contributed by atoms with E-state index in [9.17, 15) is 4.79 Å². The first-order chi connectivity index (χ1) is 11.7. The van der Waals surface area contributed by atoms with Crippen molar-refractivity contribution in [2.75, 3.05) is 16.8 Å². The molecule has 1 N–H and O–H groups in total. The van der Waals surface area contributed by atoms with Gasteiger partial charge in [-0.1, -0.05) is 48.6 Å². The third kappa shape index (κ3) is 6.51. The third-order valence-electron chi connectivity index (χ3n) is 2.97. The molecule has 2 rings (SSSR count). The topological polar surface area (TPSA) is 78.7 Å². The Bertz CT molecular complexity index is 694. The average Bonchev–Trinajstić information content (AvgIpc) is 3.04. The van der Waals surface area contributed by atoms with Crippen LogP contribution in [-0.4, -0.2) is 27.6 Å². The first kappa shape index (κ1) is 18.8. The molecule has 0 bridgehead atoms. The van der Waals surface area contributed by atoms with Crippen molar-refractivity contribution in [3.63, 3.8) is 0 Å². The van der Waals surface area contributed by atoms with Crippen LogP contribution in [0.25, 0.3) is 0 Å². The zero-order valence-electron chi connectivity index (χ0n) is 13.3. The smallest absolute Gasteiger partial charge is 0.236 e. The largest absolute Gasteiger partial charge is 0.300 e. The number of thioether (sulfide) groups is 2. The lowest BCUT2D eigenvalue weighted by molar-refractivity contribution is -0.113. The van der Waals surface area contributed by atoms with Gasteiger partial charge in [0.1, 0.15) is 0 Å². The van der Waals surface area contributed by atoms with Gasteiger partial charge in [-0.25, -0.2) is 0 Å². The molecule has 0 radical (unpaired) electrons. The number of amides is 1. The minimum absolute atomic E-state index is 0.0316. The van der Waals surface area contributed by atoms with Crippen LogP contribution in [0.2, 0.25) is 0 Å². The number of nitrogens with zero attached hydrogens (tertiary/aromatic N) is 3. The van der Waals surface area contributed by atoms with Crippen molar-refractivity contribution in [3.05, 3.63) is 35.4 Å². The summed E-state index contributed by atoms with van der Waals surface area (Å²) in [6.45, 7) is 2.14. The second-order valence-electron chi connectivity index (χ2n) is 4.92. The molecule has 5 nitrogen and oxygen atoms in total. The van der Waals surface area contributed by atoms with Gasteiger partial charge in [0, 0.05) is 5.75 Å². The standard InChI is InChI=1S/C16H18N4OS3/c1-2-3-8-22-11-14(21)18-15-19-20-16(24-15)23-10-13-6-4-12(9-17)5-7-13/h4-7H,2-3,8,10-11H2,1H3,(H,18,19,21). The minimum atomic E-state index is -0.0316. The molecule has 2 aromatic rings. The SMILES string of the molecule is CCCCSCC(=O)Nc1nnc(SCc2ccc(C#N)cc2)s1. The lowest BCUT2D eigenvalue weighted by Gasteiger charge is -2.00. The van der Waals surface area contributed by atoms with Crippen molar-refractivity contribution in [3.8, 4) is 6.07 Å². The molecular formula is C16H18N4OS3. The Morgan fingerprint density at radius 2 is 2.12 bits per heavy atom. The van der Waals surface area contributed by atoms with Crippen LogP contribution in [-0.2, 0) is 10.5 Å². The molecule has 1 amide bonds. The number of hydrogen-bond acceptors (Lipinski definition) is 7. The summed E-state index contributed by atoms with van der Waals surface area (Å²) in [5.74, 6) is 2.18. The number of nitriles is 1. The van der Waals surface area contributed by atoms with Crippen LogP contribution in [0.4, 0.5) is 5.13 Å². The van der Waals surface area contributed by atoms with E-state index in [0.29, 0.717) is 16.4 Å². The van der Waals surface area contributed by atoms with Gasteiger partial charge in [0.2, 0.25) is 11.0 Å². The Hall–Kier alpha value is -1.56. The first-order valence-electron chi connectivity index (χ1n) is 7.54. The molecule has 0 aliphatic rings. The molecule has 0 spiro atoms. The van der Waals surface area contributed by atoms with Gasteiger partial charge in [0.05, 0.1) is 17.4 Å². The maximum atomic E-state index is 11.8. The molecular weight excluding hydrogens is 360 g/mol. The Labute approximate surface area is 154 Å². The number of unbranched alkanes of at least 4 members (excludes halogenated alkanes) is 1. The molecule has 126 valence electrons. The fourth-order valence-electron chi connectivity index (χ4n) is 1.71. The van der Waals surface area contributed by atoms with Gasteiger partial charge in [-0.2, -0.15) is 17.0 Å². The molecule has 0 aliphatic carbocycles. The molecule has 1 aromatic carbocycles. The van der Waals surface area contributed by atoms with Crippen LogP contribution in [0, 0.1) is 11.3 Å². The van der Waals surface area contributed by atoms with Gasteiger partial charge in [0.25, 0.3) is 0 Å². The van der Waals surface area contributed by atoms with Gasteiger partial charge >= 0.3 is 0 Å². The van der Waals surface area contributed by atoms with E-state index in [-0.39, 0.29) is 5.91 Å². The molecule has 0 fully saturated rings.